The molecule has 0 saturated heterocycles. The van der Waals surface area contributed by atoms with Crippen molar-refractivity contribution in [1.29, 1.82) is 0 Å². The molecule has 0 atom stereocenters. The van der Waals surface area contributed by atoms with Gasteiger partial charge in [-0.25, -0.2) is 0 Å². The minimum atomic E-state index is -0.797. The third-order valence-electron chi connectivity index (χ3n) is 4.86. The van der Waals surface area contributed by atoms with Crippen LogP contribution in [0.2, 0.25) is 0 Å². The summed E-state index contributed by atoms with van der Waals surface area (Å²) in [5.41, 5.74) is 2.66. The van der Waals surface area contributed by atoms with Crippen molar-refractivity contribution in [2.45, 2.75) is 63.7 Å². The van der Waals surface area contributed by atoms with Crippen LogP contribution >= 0.6 is 0 Å². The van der Waals surface area contributed by atoms with Crippen molar-refractivity contribution < 1.29 is 14.7 Å². The summed E-state index contributed by atoms with van der Waals surface area (Å²) in [5, 5.41) is 11.7. The third-order valence-corrected chi connectivity index (χ3v) is 4.86. The Morgan fingerprint density at radius 2 is 1.87 bits per heavy atom. The number of carboxylic acids is 1. The molecular formula is C19H27NO3. The number of carboxylic acid groups (broad SMARTS) is 1. The molecule has 0 aromatic heterocycles. The lowest BCUT2D eigenvalue weighted by molar-refractivity contribution is -0.137. The number of carbonyl (C=O) groups is 2. The molecule has 1 aliphatic rings. The maximum absolute atomic E-state index is 12.0. The fourth-order valence-corrected chi connectivity index (χ4v) is 3.51. The molecule has 2 N–H and O–H groups in total. The first-order valence-corrected chi connectivity index (χ1v) is 8.57. The van der Waals surface area contributed by atoms with E-state index in [1.165, 1.54) is 24.0 Å². The number of nitrogens with one attached hydrogen (secondary N) is 1. The Kier molecular flexibility index (Phi) is 6.20. The van der Waals surface area contributed by atoms with Crippen molar-refractivity contribution in [1.82, 2.24) is 5.32 Å². The molecule has 1 aliphatic carbocycles. The van der Waals surface area contributed by atoms with E-state index in [4.69, 9.17) is 5.11 Å². The number of hydrogen-bond donors (Lipinski definition) is 2. The number of carbonyl (C=O) groups excluding carboxylic acids is 1. The molecule has 0 radical (unpaired) electrons. The molecule has 1 aromatic carbocycles. The topological polar surface area (TPSA) is 66.4 Å². The molecule has 0 aliphatic heterocycles. The highest BCUT2D eigenvalue weighted by Crippen LogP contribution is 2.40. The number of aryl methyl sites for hydroxylation is 1. The second-order valence-electron chi connectivity index (χ2n) is 6.73. The van der Waals surface area contributed by atoms with Gasteiger partial charge in [-0.15, -0.1) is 0 Å². The first kappa shape index (κ1) is 17.5. The molecule has 4 nitrogen and oxygen atoms in total. The number of benzene rings is 1. The summed E-state index contributed by atoms with van der Waals surface area (Å²) in [6, 6.07) is 8.62. The van der Waals surface area contributed by atoms with Gasteiger partial charge in [0.25, 0.3) is 0 Å². The molecule has 0 unspecified atom stereocenters. The maximum atomic E-state index is 12.0. The first-order chi connectivity index (χ1) is 11.0. The van der Waals surface area contributed by atoms with Crippen molar-refractivity contribution in [2.75, 3.05) is 6.54 Å². The van der Waals surface area contributed by atoms with Crippen molar-refractivity contribution in [3.8, 4) is 0 Å². The van der Waals surface area contributed by atoms with Gasteiger partial charge in [0.05, 0.1) is 0 Å². The zero-order valence-corrected chi connectivity index (χ0v) is 13.9. The van der Waals surface area contributed by atoms with Crippen LogP contribution in [0, 0.1) is 6.92 Å². The van der Waals surface area contributed by atoms with Crippen molar-refractivity contribution in [3.05, 3.63) is 35.4 Å². The minimum absolute atomic E-state index is 0.0364. The Hall–Kier alpha value is -1.84. The van der Waals surface area contributed by atoms with Crippen molar-refractivity contribution in [2.24, 2.45) is 0 Å². The Balaban J connectivity index is 1.88. The van der Waals surface area contributed by atoms with E-state index in [1.54, 1.807) is 0 Å². The van der Waals surface area contributed by atoms with Crippen molar-refractivity contribution in [3.63, 3.8) is 0 Å². The van der Waals surface area contributed by atoms with Gasteiger partial charge in [-0.05, 0) is 38.2 Å². The lowest BCUT2D eigenvalue weighted by atomic mass is 9.78. The highest BCUT2D eigenvalue weighted by Gasteiger charge is 2.35. The fraction of sp³-hybridized carbons (Fsp3) is 0.579. The lowest BCUT2D eigenvalue weighted by Gasteiger charge is -2.30. The minimum Gasteiger partial charge on any atom is -0.481 e. The molecule has 1 aromatic rings. The van der Waals surface area contributed by atoms with Crippen LogP contribution in [0.4, 0.5) is 0 Å². The average Bonchev–Trinajstić information content (AvgIpc) is 3.00. The number of amides is 1. The number of unbranched alkanes of at least 4 members (excludes halogenated alkanes) is 1. The zero-order valence-electron chi connectivity index (χ0n) is 13.9. The lowest BCUT2D eigenvalue weighted by Crippen LogP contribution is -2.39. The molecule has 1 saturated carbocycles. The van der Waals surface area contributed by atoms with Gasteiger partial charge in [0.2, 0.25) is 5.91 Å². The largest absolute Gasteiger partial charge is 0.481 e. The predicted octanol–water partition coefficient (Wildman–Crippen LogP) is 3.57. The Labute approximate surface area is 138 Å². The van der Waals surface area contributed by atoms with E-state index in [9.17, 15) is 9.59 Å². The van der Waals surface area contributed by atoms with Gasteiger partial charge >= 0.3 is 5.97 Å². The van der Waals surface area contributed by atoms with Gasteiger partial charge in [0.15, 0.2) is 0 Å². The van der Waals surface area contributed by atoms with Crippen molar-refractivity contribution >= 4 is 11.9 Å². The van der Waals surface area contributed by atoms with Crippen LogP contribution < -0.4 is 5.32 Å². The van der Waals surface area contributed by atoms with E-state index < -0.39 is 5.97 Å². The van der Waals surface area contributed by atoms with Crippen LogP contribution in [0.3, 0.4) is 0 Å². The molecule has 1 fully saturated rings. The molecule has 0 spiro atoms. The summed E-state index contributed by atoms with van der Waals surface area (Å²) in [4.78, 5) is 22.5. The van der Waals surface area contributed by atoms with E-state index in [0.29, 0.717) is 25.8 Å². The summed E-state index contributed by atoms with van der Waals surface area (Å²) >= 11 is 0. The van der Waals surface area contributed by atoms with E-state index in [0.717, 1.165) is 12.8 Å². The maximum Gasteiger partial charge on any atom is 0.303 e. The Bertz CT molecular complexity index is 547. The SMILES string of the molecule is Cc1cccc(C2(CNC(=O)CCCCC(=O)O)CCCC2)c1. The zero-order chi connectivity index (χ0) is 16.7. The van der Waals surface area contributed by atoms with Crippen LogP contribution in [0.25, 0.3) is 0 Å². The van der Waals surface area contributed by atoms with Gasteiger partial charge in [0, 0.05) is 24.8 Å². The molecule has 2 rings (SSSR count). The number of hydrogen-bond acceptors (Lipinski definition) is 2. The van der Waals surface area contributed by atoms with Gasteiger partial charge in [-0.2, -0.15) is 0 Å². The Morgan fingerprint density at radius 1 is 1.17 bits per heavy atom. The van der Waals surface area contributed by atoms with Crippen LogP contribution in [0.5, 0.6) is 0 Å². The second-order valence-corrected chi connectivity index (χ2v) is 6.73. The van der Waals surface area contributed by atoms with Gasteiger partial charge < -0.3 is 10.4 Å². The van der Waals surface area contributed by atoms with Crippen LogP contribution in [-0.2, 0) is 15.0 Å². The van der Waals surface area contributed by atoms with E-state index in [2.05, 4.69) is 36.5 Å². The van der Waals surface area contributed by atoms with E-state index >= 15 is 0 Å². The molecule has 23 heavy (non-hydrogen) atoms. The standard InChI is InChI=1S/C19H27NO3/c1-15-7-6-8-16(13-15)19(11-4-5-12-19)14-20-17(21)9-2-3-10-18(22)23/h6-8,13H,2-5,9-12,14H2,1H3,(H,20,21)(H,22,23). The fourth-order valence-electron chi connectivity index (χ4n) is 3.51. The quantitative estimate of drug-likeness (QED) is 0.720. The van der Waals surface area contributed by atoms with E-state index in [-0.39, 0.29) is 17.7 Å². The summed E-state index contributed by atoms with van der Waals surface area (Å²) in [7, 11) is 0. The second kappa shape index (κ2) is 8.14. The van der Waals surface area contributed by atoms with E-state index in [1.807, 2.05) is 0 Å². The van der Waals surface area contributed by atoms with Gasteiger partial charge in [-0.1, -0.05) is 42.7 Å². The number of rotatable bonds is 8. The highest BCUT2D eigenvalue weighted by molar-refractivity contribution is 5.76. The summed E-state index contributed by atoms with van der Waals surface area (Å²) < 4.78 is 0. The predicted molar refractivity (Wildman–Crippen MR) is 90.4 cm³/mol. The average molecular weight is 317 g/mol. The summed E-state index contributed by atoms with van der Waals surface area (Å²) in [6.45, 7) is 2.79. The Morgan fingerprint density at radius 3 is 2.52 bits per heavy atom. The molecule has 0 heterocycles. The molecule has 126 valence electrons. The van der Waals surface area contributed by atoms with Crippen LogP contribution in [-0.4, -0.2) is 23.5 Å². The highest BCUT2D eigenvalue weighted by atomic mass is 16.4. The molecule has 0 bridgehead atoms. The van der Waals surface area contributed by atoms with Gasteiger partial charge in [0.1, 0.15) is 0 Å². The third kappa shape index (κ3) is 5.08. The normalized spacial score (nSPS) is 16.2. The monoisotopic (exact) mass is 317 g/mol. The molecule has 4 heteroatoms. The smallest absolute Gasteiger partial charge is 0.303 e. The molecule has 1 amide bonds. The van der Waals surface area contributed by atoms with Gasteiger partial charge in [-0.3, -0.25) is 9.59 Å². The first-order valence-electron chi connectivity index (χ1n) is 8.57. The molecular weight excluding hydrogens is 290 g/mol. The summed E-state index contributed by atoms with van der Waals surface area (Å²) in [6.07, 6.45) is 6.41. The summed E-state index contributed by atoms with van der Waals surface area (Å²) in [5.74, 6) is -0.760. The van der Waals surface area contributed by atoms with Crippen LogP contribution in [0.15, 0.2) is 24.3 Å². The number of aliphatic carboxylic acids is 1. The van der Waals surface area contributed by atoms with Crippen LogP contribution in [0.1, 0.15) is 62.5 Å².